The Kier molecular flexibility index (Phi) is 3.25. The van der Waals surface area contributed by atoms with Crippen LogP contribution in [0.1, 0.15) is 25.7 Å². The molecule has 0 unspecified atom stereocenters. The Morgan fingerprint density at radius 1 is 1.14 bits per heavy atom. The third-order valence-corrected chi connectivity index (χ3v) is 4.76. The van der Waals surface area contributed by atoms with E-state index in [1.165, 1.54) is 31.4 Å². The van der Waals surface area contributed by atoms with Crippen LogP contribution in [0, 0.1) is 0 Å². The predicted octanol–water partition coefficient (Wildman–Crippen LogP) is 2.57. The van der Waals surface area contributed by atoms with Gasteiger partial charge >= 0.3 is 0 Å². The van der Waals surface area contributed by atoms with Gasteiger partial charge in [0.25, 0.3) is 0 Å². The Hall–Kier alpha value is -0.763. The highest BCUT2D eigenvalue weighted by Crippen LogP contribution is 2.27. The number of para-hydroxylation sites is 1. The molecule has 0 amide bonds. The van der Waals surface area contributed by atoms with Gasteiger partial charge in [0.15, 0.2) is 0 Å². The largest absolute Gasteiger partial charge is 0.401 e. The minimum atomic E-state index is -0.0664. The average molecular weight is 205 g/mol. The molecule has 14 heavy (non-hydrogen) atoms. The predicted molar refractivity (Wildman–Crippen MR) is 65.6 cm³/mol. The van der Waals surface area contributed by atoms with Crippen molar-refractivity contribution in [2.75, 3.05) is 4.57 Å². The second-order valence-electron chi connectivity index (χ2n) is 4.06. The van der Waals surface area contributed by atoms with Gasteiger partial charge in [-0.3, -0.25) is 0 Å². The second-order valence-corrected chi connectivity index (χ2v) is 5.37. The number of hydrogen-bond acceptors (Lipinski definition) is 1. The zero-order valence-electron chi connectivity index (χ0n) is 8.95. The fourth-order valence-electron chi connectivity index (χ4n) is 2.49. The average Bonchev–Trinajstić information content (AvgIpc) is 2.74. The van der Waals surface area contributed by atoms with E-state index in [4.69, 9.17) is 0 Å². The molecule has 0 aliphatic heterocycles. The lowest BCUT2D eigenvalue weighted by molar-refractivity contribution is 0.701. The van der Waals surface area contributed by atoms with E-state index in [2.05, 4.69) is 41.4 Å². The van der Waals surface area contributed by atoms with E-state index in [1.807, 2.05) is 0 Å². The SMILES string of the molecule is C[SiH2]N(c1ccccc1)C1CCCC1. The molecule has 76 valence electrons. The standard InChI is InChI=1S/C12H19NSi/c1-14-13(12-9-5-6-10-12)11-7-3-2-4-8-11/h2-4,7-8,12H,5-6,9-10,14H2,1H3. The van der Waals surface area contributed by atoms with E-state index in [0.29, 0.717) is 0 Å². The van der Waals surface area contributed by atoms with Gasteiger partial charge in [0.2, 0.25) is 0 Å². The van der Waals surface area contributed by atoms with Gasteiger partial charge in [-0.25, -0.2) is 0 Å². The van der Waals surface area contributed by atoms with E-state index in [-0.39, 0.29) is 9.68 Å². The second kappa shape index (κ2) is 4.65. The number of nitrogens with zero attached hydrogens (tertiary/aromatic N) is 1. The molecule has 2 heteroatoms. The Bertz CT molecular complexity index is 267. The first-order valence-corrected chi connectivity index (χ1v) is 7.78. The maximum Gasteiger partial charge on any atom is 0.121 e. The van der Waals surface area contributed by atoms with Crippen molar-refractivity contribution < 1.29 is 0 Å². The van der Waals surface area contributed by atoms with Crippen LogP contribution < -0.4 is 4.57 Å². The van der Waals surface area contributed by atoms with E-state index in [0.717, 1.165) is 6.04 Å². The van der Waals surface area contributed by atoms with Crippen molar-refractivity contribution in [3.8, 4) is 0 Å². The van der Waals surface area contributed by atoms with Gasteiger partial charge in [0, 0.05) is 11.7 Å². The normalized spacial score (nSPS) is 18.1. The molecular formula is C12H19NSi. The molecule has 1 aliphatic rings. The summed E-state index contributed by atoms with van der Waals surface area (Å²) in [6.07, 6.45) is 5.69. The van der Waals surface area contributed by atoms with E-state index < -0.39 is 0 Å². The summed E-state index contributed by atoms with van der Waals surface area (Å²) in [6.45, 7) is 2.39. The van der Waals surface area contributed by atoms with Crippen LogP contribution in [0.15, 0.2) is 30.3 Å². The molecule has 0 atom stereocenters. The van der Waals surface area contributed by atoms with Gasteiger partial charge in [-0.1, -0.05) is 37.6 Å². The molecule has 1 fully saturated rings. The Morgan fingerprint density at radius 2 is 1.79 bits per heavy atom. The molecule has 0 spiro atoms. The molecule has 1 saturated carbocycles. The van der Waals surface area contributed by atoms with Crippen molar-refractivity contribution in [3.63, 3.8) is 0 Å². The molecule has 2 rings (SSSR count). The third kappa shape index (κ3) is 2.00. The number of benzene rings is 1. The minimum Gasteiger partial charge on any atom is -0.401 e. The summed E-state index contributed by atoms with van der Waals surface area (Å²) in [7, 11) is -0.0664. The Labute approximate surface area is 89.0 Å². The topological polar surface area (TPSA) is 3.24 Å². The van der Waals surface area contributed by atoms with Gasteiger partial charge in [-0.15, -0.1) is 0 Å². The smallest absolute Gasteiger partial charge is 0.121 e. The van der Waals surface area contributed by atoms with Crippen LogP contribution >= 0.6 is 0 Å². The molecule has 1 aromatic rings. The van der Waals surface area contributed by atoms with Gasteiger partial charge in [-0.2, -0.15) is 0 Å². The molecule has 0 N–H and O–H groups in total. The molecule has 1 nitrogen and oxygen atoms in total. The molecular weight excluding hydrogens is 186 g/mol. The van der Waals surface area contributed by atoms with Crippen molar-refractivity contribution >= 4 is 15.4 Å². The number of anilines is 1. The van der Waals surface area contributed by atoms with Crippen molar-refractivity contribution in [1.82, 2.24) is 0 Å². The zero-order valence-corrected chi connectivity index (χ0v) is 10.4. The van der Waals surface area contributed by atoms with Crippen molar-refractivity contribution in [2.45, 2.75) is 38.3 Å². The summed E-state index contributed by atoms with van der Waals surface area (Å²) in [4.78, 5) is 0. The fourth-order valence-corrected chi connectivity index (χ4v) is 3.94. The van der Waals surface area contributed by atoms with E-state index >= 15 is 0 Å². The molecule has 1 aliphatic carbocycles. The maximum atomic E-state index is 2.69. The van der Waals surface area contributed by atoms with E-state index in [1.54, 1.807) is 0 Å². The minimum absolute atomic E-state index is 0.0664. The molecule has 0 heterocycles. The summed E-state index contributed by atoms with van der Waals surface area (Å²) in [5.41, 5.74) is 1.45. The van der Waals surface area contributed by atoms with Gasteiger partial charge < -0.3 is 4.57 Å². The van der Waals surface area contributed by atoms with Gasteiger partial charge in [0.1, 0.15) is 9.68 Å². The first kappa shape index (κ1) is 9.78. The van der Waals surface area contributed by atoms with Crippen molar-refractivity contribution in [3.05, 3.63) is 30.3 Å². The maximum absolute atomic E-state index is 2.69. The zero-order chi connectivity index (χ0) is 9.80. The number of rotatable bonds is 3. The van der Waals surface area contributed by atoms with Crippen LogP contribution in [0.2, 0.25) is 6.55 Å². The van der Waals surface area contributed by atoms with Crippen LogP contribution in [0.4, 0.5) is 5.69 Å². The van der Waals surface area contributed by atoms with Crippen molar-refractivity contribution in [1.29, 1.82) is 0 Å². The number of hydrogen-bond donors (Lipinski definition) is 0. The van der Waals surface area contributed by atoms with Gasteiger partial charge in [0.05, 0.1) is 0 Å². The Morgan fingerprint density at radius 3 is 2.36 bits per heavy atom. The molecule has 1 aromatic carbocycles. The van der Waals surface area contributed by atoms with Crippen molar-refractivity contribution in [2.24, 2.45) is 0 Å². The monoisotopic (exact) mass is 205 g/mol. The highest BCUT2D eigenvalue weighted by molar-refractivity contribution is 6.39. The lowest BCUT2D eigenvalue weighted by Gasteiger charge is -2.30. The quantitative estimate of drug-likeness (QED) is 0.686. The van der Waals surface area contributed by atoms with Gasteiger partial charge in [-0.05, 0) is 25.0 Å². The summed E-state index contributed by atoms with van der Waals surface area (Å²) in [5.74, 6) is 0. The van der Waals surface area contributed by atoms with Crippen LogP contribution in [-0.2, 0) is 0 Å². The highest BCUT2D eigenvalue weighted by Gasteiger charge is 2.20. The lowest BCUT2D eigenvalue weighted by atomic mass is 10.2. The van der Waals surface area contributed by atoms with Crippen LogP contribution in [0.3, 0.4) is 0 Å². The summed E-state index contributed by atoms with van der Waals surface area (Å²) < 4.78 is 2.69. The van der Waals surface area contributed by atoms with Crippen LogP contribution in [0.25, 0.3) is 0 Å². The molecule has 0 radical (unpaired) electrons. The first-order chi connectivity index (χ1) is 6.92. The van der Waals surface area contributed by atoms with Crippen LogP contribution in [-0.4, -0.2) is 15.7 Å². The van der Waals surface area contributed by atoms with E-state index in [9.17, 15) is 0 Å². The van der Waals surface area contributed by atoms with Crippen LogP contribution in [0.5, 0.6) is 0 Å². The summed E-state index contributed by atoms with van der Waals surface area (Å²) in [6, 6.07) is 11.8. The summed E-state index contributed by atoms with van der Waals surface area (Å²) in [5, 5.41) is 0. The summed E-state index contributed by atoms with van der Waals surface area (Å²) >= 11 is 0. The highest BCUT2D eigenvalue weighted by atomic mass is 28.2. The fraction of sp³-hybridized carbons (Fsp3) is 0.500. The molecule has 0 aromatic heterocycles. The molecule has 0 bridgehead atoms. The Balaban J connectivity index is 2.12. The first-order valence-electron chi connectivity index (χ1n) is 5.73. The third-order valence-electron chi connectivity index (χ3n) is 3.19. The lowest BCUT2D eigenvalue weighted by Crippen LogP contribution is -2.35. The molecule has 0 saturated heterocycles.